The summed E-state index contributed by atoms with van der Waals surface area (Å²) in [5, 5.41) is 7.42. The number of piperazine rings is 1. The Morgan fingerprint density at radius 2 is 1.96 bits per heavy atom. The van der Waals surface area contributed by atoms with Gasteiger partial charge in [0.25, 0.3) is 5.91 Å². The third-order valence-electron chi connectivity index (χ3n) is 5.20. The molecule has 1 N–H and O–H groups in total. The normalized spacial score (nSPS) is 21.2. The van der Waals surface area contributed by atoms with Crippen molar-refractivity contribution in [3.8, 4) is 0 Å². The lowest BCUT2D eigenvalue weighted by molar-refractivity contribution is -0.142. The number of anilines is 1. The highest BCUT2D eigenvalue weighted by Gasteiger charge is 2.30. The standard InChI is InChI=1S/C18H29N5O3/c1-4-23-14(3)17(13(2)20-23)19-16(24)12-21-7-9-22(10-8-21)18(25)15-6-5-11-26-15/h15H,4-12H2,1-3H3,(H,19,24)/t15-/m1/s1. The minimum Gasteiger partial charge on any atom is -0.368 e. The second kappa shape index (κ2) is 8.18. The van der Waals surface area contributed by atoms with E-state index in [4.69, 9.17) is 4.74 Å². The van der Waals surface area contributed by atoms with Crippen molar-refractivity contribution in [2.75, 3.05) is 44.6 Å². The summed E-state index contributed by atoms with van der Waals surface area (Å²) in [6, 6.07) is 0. The highest BCUT2D eigenvalue weighted by Crippen LogP contribution is 2.19. The van der Waals surface area contributed by atoms with Crippen LogP contribution in [0, 0.1) is 13.8 Å². The van der Waals surface area contributed by atoms with Crippen LogP contribution in [0.15, 0.2) is 0 Å². The summed E-state index contributed by atoms with van der Waals surface area (Å²) in [5.74, 6) is 0.0654. The minimum absolute atomic E-state index is 0.0363. The van der Waals surface area contributed by atoms with Crippen LogP contribution in [-0.2, 0) is 20.9 Å². The molecule has 3 rings (SSSR count). The van der Waals surface area contributed by atoms with Crippen LogP contribution in [-0.4, -0.2) is 76.8 Å². The van der Waals surface area contributed by atoms with Crippen LogP contribution in [0.25, 0.3) is 0 Å². The third-order valence-corrected chi connectivity index (χ3v) is 5.20. The maximum absolute atomic E-state index is 12.4. The van der Waals surface area contributed by atoms with Gasteiger partial charge in [0.15, 0.2) is 0 Å². The Bertz CT molecular complexity index is 658. The van der Waals surface area contributed by atoms with E-state index in [9.17, 15) is 9.59 Å². The second-order valence-corrected chi connectivity index (χ2v) is 7.01. The van der Waals surface area contributed by atoms with E-state index in [1.54, 1.807) is 0 Å². The van der Waals surface area contributed by atoms with E-state index in [0.29, 0.717) is 39.3 Å². The molecule has 1 aromatic rings. The number of nitrogens with one attached hydrogen (secondary N) is 1. The quantitative estimate of drug-likeness (QED) is 0.836. The van der Waals surface area contributed by atoms with Crippen molar-refractivity contribution in [2.45, 2.75) is 46.3 Å². The summed E-state index contributed by atoms with van der Waals surface area (Å²) >= 11 is 0. The van der Waals surface area contributed by atoms with Gasteiger partial charge in [0.2, 0.25) is 5.91 Å². The number of aromatic nitrogens is 2. The van der Waals surface area contributed by atoms with Crippen molar-refractivity contribution in [3.05, 3.63) is 11.4 Å². The first-order valence-electron chi connectivity index (χ1n) is 9.46. The zero-order valence-electron chi connectivity index (χ0n) is 16.0. The fourth-order valence-corrected chi connectivity index (χ4v) is 3.67. The van der Waals surface area contributed by atoms with Gasteiger partial charge in [-0.3, -0.25) is 19.2 Å². The highest BCUT2D eigenvalue weighted by atomic mass is 16.5. The molecule has 2 amide bonds. The molecule has 26 heavy (non-hydrogen) atoms. The summed E-state index contributed by atoms with van der Waals surface area (Å²) in [7, 11) is 0. The molecule has 0 bridgehead atoms. The number of ether oxygens (including phenoxy) is 1. The monoisotopic (exact) mass is 363 g/mol. The Balaban J connectivity index is 1.48. The van der Waals surface area contributed by atoms with Gasteiger partial charge in [-0.05, 0) is 33.6 Å². The Morgan fingerprint density at radius 1 is 1.23 bits per heavy atom. The molecule has 8 heteroatoms. The number of hydrogen-bond acceptors (Lipinski definition) is 5. The van der Waals surface area contributed by atoms with E-state index in [1.807, 2.05) is 30.4 Å². The number of carbonyl (C=O) groups is 2. The van der Waals surface area contributed by atoms with E-state index in [2.05, 4.69) is 15.3 Å². The van der Waals surface area contributed by atoms with Crippen LogP contribution in [0.2, 0.25) is 0 Å². The van der Waals surface area contributed by atoms with Gasteiger partial charge in [0, 0.05) is 39.3 Å². The van der Waals surface area contributed by atoms with Crippen molar-refractivity contribution in [1.82, 2.24) is 19.6 Å². The number of carbonyl (C=O) groups excluding carboxylic acids is 2. The van der Waals surface area contributed by atoms with Gasteiger partial charge in [-0.15, -0.1) is 0 Å². The molecule has 2 saturated heterocycles. The van der Waals surface area contributed by atoms with Crippen LogP contribution < -0.4 is 5.32 Å². The van der Waals surface area contributed by atoms with Crippen LogP contribution in [0.3, 0.4) is 0 Å². The topological polar surface area (TPSA) is 79.7 Å². The number of hydrogen-bond donors (Lipinski definition) is 1. The van der Waals surface area contributed by atoms with Gasteiger partial charge >= 0.3 is 0 Å². The van der Waals surface area contributed by atoms with E-state index in [0.717, 1.165) is 36.5 Å². The first-order chi connectivity index (χ1) is 12.5. The number of rotatable bonds is 5. The van der Waals surface area contributed by atoms with Gasteiger partial charge in [0.1, 0.15) is 6.10 Å². The predicted molar refractivity (Wildman–Crippen MR) is 98.0 cm³/mol. The summed E-state index contributed by atoms with van der Waals surface area (Å²) in [6.45, 7) is 10.4. The van der Waals surface area contributed by atoms with Crippen molar-refractivity contribution >= 4 is 17.5 Å². The lowest BCUT2D eigenvalue weighted by Gasteiger charge is -2.35. The molecule has 2 aliphatic rings. The Kier molecular flexibility index (Phi) is 5.93. The van der Waals surface area contributed by atoms with E-state index < -0.39 is 0 Å². The van der Waals surface area contributed by atoms with Crippen LogP contribution in [0.5, 0.6) is 0 Å². The summed E-state index contributed by atoms with van der Waals surface area (Å²) in [4.78, 5) is 28.7. The molecule has 2 fully saturated rings. The molecule has 0 aromatic carbocycles. The first kappa shape index (κ1) is 18.8. The molecule has 8 nitrogen and oxygen atoms in total. The lowest BCUT2D eigenvalue weighted by Crippen LogP contribution is -2.52. The molecule has 0 spiro atoms. The maximum atomic E-state index is 12.4. The Morgan fingerprint density at radius 3 is 2.54 bits per heavy atom. The van der Waals surface area contributed by atoms with Gasteiger partial charge in [-0.1, -0.05) is 0 Å². The van der Waals surface area contributed by atoms with Gasteiger partial charge in [0.05, 0.1) is 23.6 Å². The zero-order valence-corrected chi connectivity index (χ0v) is 16.0. The third kappa shape index (κ3) is 4.07. The fourth-order valence-electron chi connectivity index (χ4n) is 3.67. The van der Waals surface area contributed by atoms with Crippen molar-refractivity contribution in [1.29, 1.82) is 0 Å². The average molecular weight is 363 g/mol. The molecule has 0 aliphatic carbocycles. The number of nitrogens with zero attached hydrogens (tertiary/aromatic N) is 4. The molecular weight excluding hydrogens is 334 g/mol. The molecule has 0 radical (unpaired) electrons. The summed E-state index contributed by atoms with van der Waals surface area (Å²) < 4.78 is 7.37. The number of aryl methyl sites for hydroxylation is 2. The van der Waals surface area contributed by atoms with Crippen LogP contribution in [0.1, 0.15) is 31.2 Å². The molecule has 0 saturated carbocycles. The molecule has 0 unspecified atom stereocenters. The summed E-state index contributed by atoms with van der Waals surface area (Å²) in [5.41, 5.74) is 2.62. The molecule has 2 aliphatic heterocycles. The second-order valence-electron chi connectivity index (χ2n) is 7.01. The highest BCUT2D eigenvalue weighted by molar-refractivity contribution is 5.93. The zero-order chi connectivity index (χ0) is 18.7. The lowest BCUT2D eigenvalue weighted by atomic mass is 10.2. The smallest absolute Gasteiger partial charge is 0.251 e. The van der Waals surface area contributed by atoms with Crippen molar-refractivity contribution in [2.24, 2.45) is 0 Å². The predicted octanol–water partition coefficient (Wildman–Crippen LogP) is 0.782. The molecule has 1 atom stereocenters. The maximum Gasteiger partial charge on any atom is 0.251 e. The van der Waals surface area contributed by atoms with Crippen molar-refractivity contribution in [3.63, 3.8) is 0 Å². The van der Waals surface area contributed by atoms with E-state index >= 15 is 0 Å². The largest absolute Gasteiger partial charge is 0.368 e. The SMILES string of the molecule is CCn1nc(C)c(NC(=O)CN2CCN(C(=O)[C@H]3CCCO3)CC2)c1C. The van der Waals surface area contributed by atoms with Gasteiger partial charge in [-0.2, -0.15) is 5.10 Å². The van der Waals surface area contributed by atoms with Crippen LogP contribution >= 0.6 is 0 Å². The van der Waals surface area contributed by atoms with Gasteiger partial charge in [-0.25, -0.2) is 0 Å². The van der Waals surface area contributed by atoms with Gasteiger partial charge < -0.3 is 15.0 Å². The Hall–Kier alpha value is -1.93. The summed E-state index contributed by atoms with van der Waals surface area (Å²) in [6.07, 6.45) is 1.53. The fraction of sp³-hybridized carbons (Fsp3) is 0.722. The van der Waals surface area contributed by atoms with E-state index in [1.165, 1.54) is 0 Å². The molecule has 144 valence electrons. The van der Waals surface area contributed by atoms with Crippen molar-refractivity contribution < 1.29 is 14.3 Å². The Labute approximate surface area is 154 Å². The minimum atomic E-state index is -0.258. The first-order valence-corrected chi connectivity index (χ1v) is 9.46. The molecule has 3 heterocycles. The molecule has 1 aromatic heterocycles. The van der Waals surface area contributed by atoms with E-state index in [-0.39, 0.29) is 17.9 Å². The molecular formula is C18H29N5O3. The average Bonchev–Trinajstić information content (AvgIpc) is 3.26. The van der Waals surface area contributed by atoms with Crippen LogP contribution in [0.4, 0.5) is 5.69 Å². The number of amides is 2.